The zero-order chi connectivity index (χ0) is 12.5. The summed E-state index contributed by atoms with van der Waals surface area (Å²) in [7, 11) is 0. The number of primary amides is 1. The highest BCUT2D eigenvalue weighted by molar-refractivity contribution is 6.00. The fourth-order valence-electron chi connectivity index (χ4n) is 2.43. The van der Waals surface area contributed by atoms with Gasteiger partial charge in [-0.25, -0.2) is 0 Å². The Labute approximate surface area is 106 Å². The van der Waals surface area contributed by atoms with Crippen LogP contribution in [0.4, 0.5) is 11.4 Å². The molecular formula is C15H14N2O. The molecule has 3 heteroatoms. The number of nitrogens with one attached hydrogen (secondary N) is 1. The van der Waals surface area contributed by atoms with Gasteiger partial charge < -0.3 is 11.1 Å². The van der Waals surface area contributed by atoms with Crippen molar-refractivity contribution < 1.29 is 4.79 Å². The third kappa shape index (κ3) is 1.74. The van der Waals surface area contributed by atoms with Gasteiger partial charge in [-0.3, -0.25) is 4.79 Å². The number of anilines is 2. The van der Waals surface area contributed by atoms with Gasteiger partial charge in [0.1, 0.15) is 0 Å². The summed E-state index contributed by atoms with van der Waals surface area (Å²) in [4.78, 5) is 11.5. The maximum Gasteiger partial charge on any atom is 0.250 e. The molecule has 0 spiro atoms. The number of carbonyl (C=O) groups is 1. The number of para-hydroxylation sites is 2. The molecular weight excluding hydrogens is 224 g/mol. The third-order valence-corrected chi connectivity index (χ3v) is 3.36. The summed E-state index contributed by atoms with van der Waals surface area (Å²) in [6, 6.07) is 13.9. The van der Waals surface area contributed by atoms with E-state index < -0.39 is 5.91 Å². The van der Waals surface area contributed by atoms with E-state index >= 15 is 0 Å². The highest BCUT2D eigenvalue weighted by atomic mass is 16.1. The molecule has 0 saturated heterocycles. The first kappa shape index (κ1) is 10.8. The van der Waals surface area contributed by atoms with Gasteiger partial charge in [0, 0.05) is 5.69 Å². The monoisotopic (exact) mass is 238 g/mol. The zero-order valence-corrected chi connectivity index (χ0v) is 9.94. The van der Waals surface area contributed by atoms with Crippen LogP contribution in [-0.4, -0.2) is 5.91 Å². The van der Waals surface area contributed by atoms with E-state index in [2.05, 4.69) is 11.4 Å². The van der Waals surface area contributed by atoms with Crippen molar-refractivity contribution in [1.82, 2.24) is 0 Å². The Morgan fingerprint density at radius 1 is 1.00 bits per heavy atom. The Balaban J connectivity index is 2.15. The Morgan fingerprint density at radius 2 is 1.72 bits per heavy atom. The Bertz CT molecular complexity index is 620. The van der Waals surface area contributed by atoms with E-state index in [4.69, 9.17) is 5.73 Å². The van der Waals surface area contributed by atoms with Gasteiger partial charge in [-0.2, -0.15) is 0 Å². The van der Waals surface area contributed by atoms with Gasteiger partial charge in [-0.05, 0) is 36.1 Å². The van der Waals surface area contributed by atoms with Crippen LogP contribution in [0.25, 0.3) is 0 Å². The second-order valence-corrected chi connectivity index (χ2v) is 4.49. The standard InChI is InChI=1S/C15H14N2O/c16-15(18)12-6-3-5-11-9-8-10-4-1-2-7-13(10)17-14(11)12/h1-7,17H,8-9H2,(H2,16,18). The maximum atomic E-state index is 11.5. The minimum absolute atomic E-state index is 0.390. The van der Waals surface area contributed by atoms with Crippen LogP contribution in [0.2, 0.25) is 0 Å². The van der Waals surface area contributed by atoms with Gasteiger partial charge in [0.15, 0.2) is 0 Å². The Morgan fingerprint density at radius 3 is 2.56 bits per heavy atom. The zero-order valence-electron chi connectivity index (χ0n) is 9.94. The number of benzene rings is 2. The molecule has 1 heterocycles. The number of nitrogens with two attached hydrogens (primary N) is 1. The largest absolute Gasteiger partial charge is 0.366 e. The predicted octanol–water partition coefficient (Wildman–Crippen LogP) is 2.63. The second kappa shape index (κ2) is 4.18. The molecule has 3 nitrogen and oxygen atoms in total. The predicted molar refractivity (Wildman–Crippen MR) is 72.1 cm³/mol. The van der Waals surface area contributed by atoms with Crippen molar-refractivity contribution >= 4 is 17.3 Å². The number of aryl methyl sites for hydroxylation is 2. The normalized spacial score (nSPS) is 12.9. The topological polar surface area (TPSA) is 55.1 Å². The van der Waals surface area contributed by atoms with Gasteiger partial charge in [0.05, 0.1) is 11.3 Å². The van der Waals surface area contributed by atoms with Crippen LogP contribution in [0.3, 0.4) is 0 Å². The first-order valence-corrected chi connectivity index (χ1v) is 6.02. The molecule has 0 aliphatic carbocycles. The lowest BCUT2D eigenvalue weighted by atomic mass is 10.0. The summed E-state index contributed by atoms with van der Waals surface area (Å²) in [5.41, 5.74) is 10.3. The SMILES string of the molecule is NC(=O)c1cccc2c1Nc1ccccc1CC2. The maximum absolute atomic E-state index is 11.5. The molecule has 3 N–H and O–H groups in total. The summed E-state index contributed by atoms with van der Waals surface area (Å²) >= 11 is 0. The van der Waals surface area contributed by atoms with Crippen LogP contribution in [0, 0.1) is 0 Å². The minimum Gasteiger partial charge on any atom is -0.366 e. The fraction of sp³-hybridized carbons (Fsp3) is 0.133. The lowest BCUT2D eigenvalue weighted by Crippen LogP contribution is -2.14. The average Bonchev–Trinajstić information content (AvgIpc) is 2.57. The number of hydrogen-bond donors (Lipinski definition) is 2. The molecule has 0 aromatic heterocycles. The summed E-state index contributed by atoms with van der Waals surface area (Å²) in [5, 5.41) is 3.35. The molecule has 0 unspecified atom stereocenters. The molecule has 0 fully saturated rings. The Hall–Kier alpha value is -2.29. The number of amides is 1. The van der Waals surface area contributed by atoms with Crippen molar-refractivity contribution in [3.63, 3.8) is 0 Å². The van der Waals surface area contributed by atoms with Gasteiger partial charge in [0.25, 0.3) is 5.91 Å². The van der Waals surface area contributed by atoms with E-state index in [1.165, 1.54) is 5.56 Å². The van der Waals surface area contributed by atoms with Gasteiger partial charge in [-0.15, -0.1) is 0 Å². The lowest BCUT2D eigenvalue weighted by molar-refractivity contribution is 0.100. The van der Waals surface area contributed by atoms with Crippen molar-refractivity contribution in [3.8, 4) is 0 Å². The van der Waals surface area contributed by atoms with E-state index in [-0.39, 0.29) is 0 Å². The van der Waals surface area contributed by atoms with Crippen LogP contribution in [0.15, 0.2) is 42.5 Å². The first-order chi connectivity index (χ1) is 8.75. The van der Waals surface area contributed by atoms with Crippen molar-refractivity contribution in [2.75, 3.05) is 5.32 Å². The van der Waals surface area contributed by atoms with Gasteiger partial charge >= 0.3 is 0 Å². The van der Waals surface area contributed by atoms with Crippen molar-refractivity contribution in [3.05, 3.63) is 59.2 Å². The van der Waals surface area contributed by atoms with Crippen LogP contribution in [0.5, 0.6) is 0 Å². The molecule has 0 radical (unpaired) electrons. The summed E-state index contributed by atoms with van der Waals surface area (Å²) in [5.74, 6) is -0.390. The second-order valence-electron chi connectivity index (χ2n) is 4.49. The molecule has 1 aliphatic rings. The lowest BCUT2D eigenvalue weighted by Gasteiger charge is -2.12. The summed E-state index contributed by atoms with van der Waals surface area (Å²) in [6.45, 7) is 0. The van der Waals surface area contributed by atoms with E-state index in [0.717, 1.165) is 29.8 Å². The molecule has 18 heavy (non-hydrogen) atoms. The van der Waals surface area contributed by atoms with E-state index in [0.29, 0.717) is 5.56 Å². The molecule has 1 aliphatic heterocycles. The highest BCUT2D eigenvalue weighted by Gasteiger charge is 2.17. The molecule has 0 saturated carbocycles. The van der Waals surface area contributed by atoms with Crippen LogP contribution in [0.1, 0.15) is 21.5 Å². The van der Waals surface area contributed by atoms with Crippen LogP contribution >= 0.6 is 0 Å². The average molecular weight is 238 g/mol. The van der Waals surface area contributed by atoms with Gasteiger partial charge in [-0.1, -0.05) is 30.3 Å². The molecule has 90 valence electrons. The summed E-state index contributed by atoms with van der Waals surface area (Å²) in [6.07, 6.45) is 1.89. The molecule has 2 aromatic rings. The molecule has 3 rings (SSSR count). The van der Waals surface area contributed by atoms with E-state index in [9.17, 15) is 4.79 Å². The number of hydrogen-bond acceptors (Lipinski definition) is 2. The van der Waals surface area contributed by atoms with E-state index in [1.54, 1.807) is 6.07 Å². The van der Waals surface area contributed by atoms with E-state index in [1.807, 2.05) is 30.3 Å². The highest BCUT2D eigenvalue weighted by Crippen LogP contribution is 2.32. The number of rotatable bonds is 1. The van der Waals surface area contributed by atoms with Crippen molar-refractivity contribution in [1.29, 1.82) is 0 Å². The Kier molecular flexibility index (Phi) is 2.52. The van der Waals surface area contributed by atoms with Crippen LogP contribution < -0.4 is 11.1 Å². The molecule has 0 bridgehead atoms. The molecule has 2 aromatic carbocycles. The smallest absolute Gasteiger partial charge is 0.250 e. The third-order valence-electron chi connectivity index (χ3n) is 3.36. The number of carbonyl (C=O) groups excluding carboxylic acids is 1. The fourth-order valence-corrected chi connectivity index (χ4v) is 2.43. The first-order valence-electron chi connectivity index (χ1n) is 6.02. The van der Waals surface area contributed by atoms with Crippen molar-refractivity contribution in [2.45, 2.75) is 12.8 Å². The summed E-state index contributed by atoms with van der Waals surface area (Å²) < 4.78 is 0. The quantitative estimate of drug-likeness (QED) is 0.802. The van der Waals surface area contributed by atoms with Crippen molar-refractivity contribution in [2.24, 2.45) is 5.73 Å². The molecule has 0 atom stereocenters. The van der Waals surface area contributed by atoms with Crippen LogP contribution in [-0.2, 0) is 12.8 Å². The minimum atomic E-state index is -0.390. The van der Waals surface area contributed by atoms with Gasteiger partial charge in [0.2, 0.25) is 0 Å². The number of fused-ring (bicyclic) bond motifs is 2. The molecule has 1 amide bonds.